The number of aryl methyl sites for hydroxylation is 1. The highest BCUT2D eigenvalue weighted by molar-refractivity contribution is 5.92. The third-order valence-corrected chi connectivity index (χ3v) is 5.35. The van der Waals surface area contributed by atoms with Crippen molar-refractivity contribution in [1.82, 2.24) is 5.32 Å². The average Bonchev–Trinajstić information content (AvgIpc) is 3.57. The molecule has 1 atom stereocenters. The highest BCUT2D eigenvalue weighted by Crippen LogP contribution is 2.41. The molecule has 0 saturated heterocycles. The van der Waals surface area contributed by atoms with Gasteiger partial charge in [-0.2, -0.15) is 0 Å². The van der Waals surface area contributed by atoms with Crippen LogP contribution in [-0.4, -0.2) is 25.5 Å². The number of hydrogen-bond acceptors (Lipinski definition) is 4. The molecule has 1 fully saturated rings. The summed E-state index contributed by atoms with van der Waals surface area (Å²) in [6.07, 6.45) is 2.25. The minimum Gasteiger partial charge on any atom is -0.497 e. The summed E-state index contributed by atoms with van der Waals surface area (Å²) in [5.41, 5.74) is 3.66. The van der Waals surface area contributed by atoms with Gasteiger partial charge in [-0.15, -0.1) is 0 Å². The quantitative estimate of drug-likeness (QED) is 0.578. The number of rotatable bonds is 9. The Morgan fingerprint density at radius 3 is 2.40 bits per heavy atom. The number of amides is 2. The highest BCUT2D eigenvalue weighted by atomic mass is 16.5. The lowest BCUT2D eigenvalue weighted by Crippen LogP contribution is -2.34. The fourth-order valence-electron chi connectivity index (χ4n) is 3.29. The number of anilines is 2. The second-order valence-electron chi connectivity index (χ2n) is 8.18. The maximum Gasteiger partial charge on any atom is 0.239 e. The fourth-order valence-corrected chi connectivity index (χ4v) is 3.29. The lowest BCUT2D eigenvalue weighted by molar-refractivity contribution is -0.120. The molecule has 1 aliphatic carbocycles. The van der Waals surface area contributed by atoms with Gasteiger partial charge in [0.05, 0.1) is 19.7 Å². The molecule has 0 spiro atoms. The van der Waals surface area contributed by atoms with Crippen LogP contribution in [0, 0.1) is 18.8 Å². The molecule has 6 nitrogen and oxygen atoms in total. The normalized spacial score (nSPS) is 14.2. The molecule has 0 aromatic heterocycles. The van der Waals surface area contributed by atoms with Crippen LogP contribution in [0.4, 0.5) is 11.4 Å². The van der Waals surface area contributed by atoms with Gasteiger partial charge >= 0.3 is 0 Å². The van der Waals surface area contributed by atoms with Crippen molar-refractivity contribution in [1.29, 1.82) is 0 Å². The molecule has 3 N–H and O–H groups in total. The third-order valence-electron chi connectivity index (χ3n) is 5.35. The SMILES string of the molecule is COc1ccc(C(NC(=O)CNc2cc(NC(=O)C(C)C)ccc2C)C2CC2)cc1. The Balaban J connectivity index is 1.61. The zero-order valence-corrected chi connectivity index (χ0v) is 18.1. The summed E-state index contributed by atoms with van der Waals surface area (Å²) in [4.78, 5) is 24.6. The van der Waals surface area contributed by atoms with Crippen molar-refractivity contribution in [3.8, 4) is 5.75 Å². The van der Waals surface area contributed by atoms with Crippen LogP contribution in [0.3, 0.4) is 0 Å². The second-order valence-corrected chi connectivity index (χ2v) is 8.18. The predicted molar refractivity (Wildman–Crippen MR) is 120 cm³/mol. The molecule has 0 radical (unpaired) electrons. The van der Waals surface area contributed by atoms with Crippen molar-refractivity contribution in [2.45, 2.75) is 39.7 Å². The van der Waals surface area contributed by atoms with Gasteiger partial charge in [0.15, 0.2) is 0 Å². The standard InChI is InChI=1S/C24H31N3O3/c1-15(2)24(29)26-19-10-5-16(3)21(13-19)25-14-22(28)27-23(17-6-7-17)18-8-11-20(30-4)12-9-18/h5,8-13,15,17,23,25H,6-7,14H2,1-4H3,(H,26,29)(H,27,28). The van der Waals surface area contributed by atoms with Gasteiger partial charge in [0.25, 0.3) is 0 Å². The van der Waals surface area contributed by atoms with Gasteiger partial charge < -0.3 is 20.7 Å². The van der Waals surface area contributed by atoms with E-state index in [2.05, 4.69) is 16.0 Å². The van der Waals surface area contributed by atoms with Crippen LogP contribution >= 0.6 is 0 Å². The summed E-state index contributed by atoms with van der Waals surface area (Å²) in [6.45, 7) is 5.85. The van der Waals surface area contributed by atoms with Gasteiger partial charge in [-0.25, -0.2) is 0 Å². The van der Waals surface area contributed by atoms with Crippen molar-refractivity contribution in [2.24, 2.45) is 11.8 Å². The van der Waals surface area contributed by atoms with Gasteiger partial charge in [-0.3, -0.25) is 9.59 Å². The lowest BCUT2D eigenvalue weighted by Gasteiger charge is -2.20. The largest absolute Gasteiger partial charge is 0.497 e. The summed E-state index contributed by atoms with van der Waals surface area (Å²) in [5, 5.41) is 9.27. The zero-order chi connectivity index (χ0) is 21.7. The molecule has 0 aliphatic heterocycles. The number of carbonyl (C=O) groups is 2. The molecule has 3 rings (SSSR count). The predicted octanol–water partition coefficient (Wildman–Crippen LogP) is 4.28. The molecule has 2 aromatic carbocycles. The van der Waals surface area contributed by atoms with Gasteiger partial charge in [0.2, 0.25) is 11.8 Å². The van der Waals surface area contributed by atoms with Crippen LogP contribution in [0.5, 0.6) is 5.75 Å². The van der Waals surface area contributed by atoms with Gasteiger partial charge in [-0.05, 0) is 61.1 Å². The Morgan fingerprint density at radius 2 is 1.80 bits per heavy atom. The molecule has 2 amide bonds. The number of ether oxygens (including phenoxy) is 1. The van der Waals surface area contributed by atoms with Gasteiger partial charge in [-0.1, -0.05) is 32.0 Å². The minimum absolute atomic E-state index is 0.0166. The van der Waals surface area contributed by atoms with Gasteiger partial charge in [0.1, 0.15) is 5.75 Å². The summed E-state index contributed by atoms with van der Waals surface area (Å²) < 4.78 is 5.23. The Morgan fingerprint density at radius 1 is 1.10 bits per heavy atom. The Bertz CT molecular complexity index is 889. The van der Waals surface area contributed by atoms with Crippen LogP contribution < -0.4 is 20.7 Å². The molecule has 1 aliphatic rings. The zero-order valence-electron chi connectivity index (χ0n) is 18.1. The van der Waals surface area contributed by atoms with E-state index in [0.29, 0.717) is 5.92 Å². The van der Waals surface area contributed by atoms with E-state index in [0.717, 1.165) is 41.1 Å². The van der Waals surface area contributed by atoms with Gasteiger partial charge in [0, 0.05) is 17.3 Å². The molecule has 2 aromatic rings. The highest BCUT2D eigenvalue weighted by Gasteiger charge is 2.33. The molecule has 6 heteroatoms. The van der Waals surface area contributed by atoms with Crippen molar-refractivity contribution in [2.75, 3.05) is 24.3 Å². The van der Waals surface area contributed by atoms with E-state index >= 15 is 0 Å². The average molecular weight is 410 g/mol. The topological polar surface area (TPSA) is 79.5 Å². The fraction of sp³-hybridized carbons (Fsp3) is 0.417. The summed E-state index contributed by atoms with van der Waals surface area (Å²) in [6, 6.07) is 13.6. The van der Waals surface area contributed by atoms with Crippen molar-refractivity contribution in [3.63, 3.8) is 0 Å². The number of methoxy groups -OCH3 is 1. The lowest BCUT2D eigenvalue weighted by atomic mass is 10.0. The van der Waals surface area contributed by atoms with Crippen LogP contribution in [-0.2, 0) is 9.59 Å². The van der Waals surface area contributed by atoms with Crippen LogP contribution in [0.1, 0.15) is 43.9 Å². The van der Waals surface area contributed by atoms with E-state index in [4.69, 9.17) is 4.74 Å². The first-order chi connectivity index (χ1) is 14.4. The Kier molecular flexibility index (Phi) is 6.98. The van der Waals surface area contributed by atoms with Crippen LogP contribution in [0.25, 0.3) is 0 Å². The molecule has 0 bridgehead atoms. The molecule has 0 heterocycles. The van der Waals surface area contributed by atoms with E-state index < -0.39 is 0 Å². The summed E-state index contributed by atoms with van der Waals surface area (Å²) >= 11 is 0. The van der Waals surface area contributed by atoms with E-state index in [1.807, 2.05) is 63.2 Å². The first kappa shape index (κ1) is 21.7. The molecule has 1 unspecified atom stereocenters. The number of benzene rings is 2. The number of hydrogen-bond donors (Lipinski definition) is 3. The maximum absolute atomic E-state index is 12.7. The molecule has 30 heavy (non-hydrogen) atoms. The van der Waals surface area contributed by atoms with E-state index in [1.165, 1.54) is 0 Å². The first-order valence-corrected chi connectivity index (χ1v) is 10.5. The molecule has 1 saturated carbocycles. The van der Waals surface area contributed by atoms with Crippen molar-refractivity contribution < 1.29 is 14.3 Å². The first-order valence-electron chi connectivity index (χ1n) is 10.5. The Hall–Kier alpha value is -3.02. The summed E-state index contributed by atoms with van der Waals surface area (Å²) in [5.74, 6) is 1.11. The third kappa shape index (κ3) is 5.75. The number of carbonyl (C=O) groups excluding carboxylic acids is 2. The number of nitrogens with one attached hydrogen (secondary N) is 3. The Labute approximate surface area is 178 Å². The van der Waals surface area contributed by atoms with E-state index in [1.54, 1.807) is 7.11 Å². The minimum atomic E-state index is -0.0918. The molecular formula is C24H31N3O3. The second kappa shape index (κ2) is 9.65. The van der Waals surface area contributed by atoms with Crippen LogP contribution in [0.2, 0.25) is 0 Å². The smallest absolute Gasteiger partial charge is 0.239 e. The van der Waals surface area contributed by atoms with Crippen molar-refractivity contribution >= 4 is 23.2 Å². The maximum atomic E-state index is 12.7. The monoisotopic (exact) mass is 409 g/mol. The molecule has 160 valence electrons. The summed E-state index contributed by atoms with van der Waals surface area (Å²) in [7, 11) is 1.64. The molecular weight excluding hydrogens is 378 g/mol. The van der Waals surface area contributed by atoms with Crippen LogP contribution in [0.15, 0.2) is 42.5 Å². The van der Waals surface area contributed by atoms with E-state index in [9.17, 15) is 9.59 Å². The van der Waals surface area contributed by atoms with Crippen molar-refractivity contribution in [3.05, 3.63) is 53.6 Å². The van der Waals surface area contributed by atoms with E-state index in [-0.39, 0.29) is 30.3 Å².